The molecule has 2 aromatic heterocycles. The van der Waals surface area contributed by atoms with Gasteiger partial charge in [-0.3, -0.25) is 10.1 Å². The Morgan fingerprint density at radius 2 is 2.15 bits per heavy atom. The molecule has 2 aromatic rings. The van der Waals surface area contributed by atoms with Crippen molar-refractivity contribution >= 4 is 17.3 Å². The Labute approximate surface area is 114 Å². The average Bonchev–Trinajstić information content (AvgIpc) is 2.91. The van der Waals surface area contributed by atoms with Crippen LogP contribution in [0.3, 0.4) is 0 Å². The van der Waals surface area contributed by atoms with Crippen LogP contribution in [-0.4, -0.2) is 36.7 Å². The number of aromatic nitrogens is 5. The maximum atomic E-state index is 11.1. The predicted molar refractivity (Wildman–Crippen MR) is 71.3 cm³/mol. The van der Waals surface area contributed by atoms with Crippen molar-refractivity contribution in [1.82, 2.24) is 24.7 Å². The van der Waals surface area contributed by atoms with Crippen LogP contribution in [0.2, 0.25) is 0 Å². The van der Waals surface area contributed by atoms with Crippen LogP contribution in [0.1, 0.15) is 12.7 Å². The molecule has 2 heterocycles. The second-order valence-corrected chi connectivity index (χ2v) is 3.81. The van der Waals surface area contributed by atoms with Gasteiger partial charge in [-0.05, 0) is 6.92 Å². The monoisotopic (exact) mass is 278 g/mol. The molecule has 2 N–H and O–H groups in total. The number of hydrogen-bond donors (Lipinski definition) is 2. The molecule has 0 bridgehead atoms. The van der Waals surface area contributed by atoms with Gasteiger partial charge in [0.1, 0.15) is 12.7 Å². The first kappa shape index (κ1) is 13.6. The molecular weight excluding hydrogens is 264 g/mol. The second kappa shape index (κ2) is 5.91. The zero-order valence-electron chi connectivity index (χ0n) is 11.1. The van der Waals surface area contributed by atoms with Crippen LogP contribution >= 0.6 is 0 Å². The Morgan fingerprint density at radius 3 is 2.80 bits per heavy atom. The van der Waals surface area contributed by atoms with Gasteiger partial charge >= 0.3 is 5.69 Å². The van der Waals surface area contributed by atoms with Crippen LogP contribution < -0.4 is 10.6 Å². The quantitative estimate of drug-likeness (QED) is 0.583. The van der Waals surface area contributed by atoms with Crippen LogP contribution in [0, 0.1) is 10.1 Å². The molecule has 0 atom stereocenters. The maximum Gasteiger partial charge on any atom is 0.353 e. The minimum absolute atomic E-state index is 0.139. The Morgan fingerprint density at radius 1 is 1.40 bits per heavy atom. The first-order valence-corrected chi connectivity index (χ1v) is 5.95. The van der Waals surface area contributed by atoms with Gasteiger partial charge in [0.2, 0.25) is 11.6 Å². The summed E-state index contributed by atoms with van der Waals surface area (Å²) in [5.74, 6) is 0.968. The van der Waals surface area contributed by atoms with E-state index in [1.807, 2.05) is 11.5 Å². The van der Waals surface area contributed by atoms with Crippen LogP contribution in [-0.2, 0) is 13.1 Å². The van der Waals surface area contributed by atoms with Crippen molar-refractivity contribution in [3.05, 3.63) is 28.6 Å². The summed E-state index contributed by atoms with van der Waals surface area (Å²) in [6, 6.07) is 0. The molecule has 0 unspecified atom stereocenters. The molecule has 0 spiro atoms. The van der Waals surface area contributed by atoms with E-state index in [0.717, 1.165) is 6.54 Å². The van der Waals surface area contributed by atoms with Crippen molar-refractivity contribution in [2.75, 3.05) is 17.7 Å². The molecule has 0 aliphatic carbocycles. The Hall–Kier alpha value is -2.78. The highest BCUT2D eigenvalue weighted by atomic mass is 16.6. The molecule has 20 heavy (non-hydrogen) atoms. The number of rotatable bonds is 6. The summed E-state index contributed by atoms with van der Waals surface area (Å²) >= 11 is 0. The second-order valence-electron chi connectivity index (χ2n) is 3.81. The molecule has 10 heteroatoms. The Balaban J connectivity index is 2.23. The highest BCUT2D eigenvalue weighted by Crippen LogP contribution is 2.28. The van der Waals surface area contributed by atoms with E-state index in [4.69, 9.17) is 0 Å². The summed E-state index contributed by atoms with van der Waals surface area (Å²) in [5.41, 5.74) is -0.197. The fraction of sp³-hybridized carbons (Fsp3) is 0.400. The Kier molecular flexibility index (Phi) is 4.03. The van der Waals surface area contributed by atoms with E-state index in [-0.39, 0.29) is 23.9 Å². The summed E-state index contributed by atoms with van der Waals surface area (Å²) in [5, 5.41) is 24.4. The first-order valence-electron chi connectivity index (χ1n) is 5.95. The summed E-state index contributed by atoms with van der Waals surface area (Å²) in [7, 11) is 1.56. The zero-order chi connectivity index (χ0) is 14.5. The molecule has 0 aliphatic rings. The summed E-state index contributed by atoms with van der Waals surface area (Å²) in [4.78, 5) is 18.3. The van der Waals surface area contributed by atoms with Crippen molar-refractivity contribution in [3.63, 3.8) is 0 Å². The van der Waals surface area contributed by atoms with Crippen molar-refractivity contribution in [1.29, 1.82) is 0 Å². The van der Waals surface area contributed by atoms with Crippen molar-refractivity contribution < 1.29 is 4.92 Å². The third-order valence-corrected chi connectivity index (χ3v) is 2.69. The number of anilines is 2. The average molecular weight is 278 g/mol. The van der Waals surface area contributed by atoms with E-state index in [2.05, 4.69) is 30.8 Å². The SMILES string of the molecule is CCn1cnnc1CNc1ncnc(NC)c1[N+](=O)[O-]. The van der Waals surface area contributed by atoms with E-state index in [1.165, 1.54) is 6.33 Å². The van der Waals surface area contributed by atoms with Gasteiger partial charge < -0.3 is 15.2 Å². The standard InChI is InChI=1S/C10H14N8O2/c1-3-17-6-15-16-7(17)4-12-10-8(18(19)20)9(11-2)13-5-14-10/h5-6H,3-4H2,1-2H3,(H2,11,12,13,14). The van der Waals surface area contributed by atoms with Gasteiger partial charge in [-0.2, -0.15) is 0 Å². The maximum absolute atomic E-state index is 11.1. The molecule has 106 valence electrons. The molecule has 0 saturated heterocycles. The normalized spacial score (nSPS) is 10.3. The van der Waals surface area contributed by atoms with Crippen LogP contribution in [0.15, 0.2) is 12.7 Å². The molecule has 2 rings (SSSR count). The number of nitro groups is 1. The third-order valence-electron chi connectivity index (χ3n) is 2.69. The van der Waals surface area contributed by atoms with E-state index in [1.54, 1.807) is 13.4 Å². The number of hydrogen-bond acceptors (Lipinski definition) is 8. The molecule has 0 amide bonds. The van der Waals surface area contributed by atoms with Crippen molar-refractivity contribution in [2.24, 2.45) is 0 Å². The summed E-state index contributed by atoms with van der Waals surface area (Å²) < 4.78 is 1.83. The van der Waals surface area contributed by atoms with Gasteiger partial charge in [-0.1, -0.05) is 0 Å². The van der Waals surface area contributed by atoms with Crippen LogP contribution in [0.5, 0.6) is 0 Å². The molecule has 0 radical (unpaired) electrons. The molecule has 0 saturated carbocycles. The number of nitrogens with one attached hydrogen (secondary N) is 2. The topological polar surface area (TPSA) is 124 Å². The van der Waals surface area contributed by atoms with Gasteiger partial charge in [-0.25, -0.2) is 9.97 Å². The van der Waals surface area contributed by atoms with Gasteiger partial charge in [0, 0.05) is 13.6 Å². The van der Waals surface area contributed by atoms with E-state index >= 15 is 0 Å². The highest BCUT2D eigenvalue weighted by molar-refractivity contribution is 5.68. The van der Waals surface area contributed by atoms with Crippen LogP contribution in [0.25, 0.3) is 0 Å². The van der Waals surface area contributed by atoms with Gasteiger partial charge in [-0.15, -0.1) is 10.2 Å². The number of nitrogens with zero attached hydrogens (tertiary/aromatic N) is 6. The minimum Gasteiger partial charge on any atom is -0.367 e. The fourth-order valence-electron chi connectivity index (χ4n) is 1.71. The number of aryl methyl sites for hydroxylation is 1. The van der Waals surface area contributed by atoms with Crippen LogP contribution in [0.4, 0.5) is 17.3 Å². The fourth-order valence-corrected chi connectivity index (χ4v) is 1.71. The van der Waals surface area contributed by atoms with Gasteiger partial charge in [0.15, 0.2) is 5.82 Å². The largest absolute Gasteiger partial charge is 0.367 e. The lowest BCUT2D eigenvalue weighted by atomic mass is 10.4. The molecular formula is C10H14N8O2. The molecule has 10 nitrogen and oxygen atoms in total. The minimum atomic E-state index is -0.529. The van der Waals surface area contributed by atoms with E-state index in [0.29, 0.717) is 5.82 Å². The molecule has 0 fully saturated rings. The third kappa shape index (κ3) is 2.63. The predicted octanol–water partition coefficient (Wildman–Crippen LogP) is 0.650. The first-order chi connectivity index (χ1) is 9.67. The lowest BCUT2D eigenvalue weighted by molar-refractivity contribution is -0.383. The Bertz CT molecular complexity index is 611. The zero-order valence-corrected chi connectivity index (χ0v) is 11.1. The summed E-state index contributed by atoms with van der Waals surface area (Å²) in [6.07, 6.45) is 2.86. The van der Waals surface area contributed by atoms with Crippen molar-refractivity contribution in [3.8, 4) is 0 Å². The van der Waals surface area contributed by atoms with Gasteiger partial charge in [0.05, 0.1) is 11.5 Å². The smallest absolute Gasteiger partial charge is 0.353 e. The van der Waals surface area contributed by atoms with Gasteiger partial charge in [0.25, 0.3) is 0 Å². The lowest BCUT2D eigenvalue weighted by Gasteiger charge is -2.08. The highest BCUT2D eigenvalue weighted by Gasteiger charge is 2.22. The van der Waals surface area contributed by atoms with Crippen molar-refractivity contribution in [2.45, 2.75) is 20.0 Å². The molecule has 0 aromatic carbocycles. The van der Waals surface area contributed by atoms with E-state index < -0.39 is 4.92 Å². The van der Waals surface area contributed by atoms with E-state index in [9.17, 15) is 10.1 Å². The lowest BCUT2D eigenvalue weighted by Crippen LogP contribution is -2.11. The summed E-state index contributed by atoms with van der Waals surface area (Å²) in [6.45, 7) is 2.96. The molecule has 0 aliphatic heterocycles.